The highest BCUT2D eigenvalue weighted by Gasteiger charge is 2.11. The predicted octanol–water partition coefficient (Wildman–Crippen LogP) is 3.44. The summed E-state index contributed by atoms with van der Waals surface area (Å²) >= 11 is 0. The number of ether oxygens (including phenoxy) is 1. The Morgan fingerprint density at radius 1 is 1.00 bits per heavy atom. The Hall–Kier alpha value is -3.06. The first-order valence-electron chi connectivity index (χ1n) is 9.88. The topological polar surface area (TPSA) is 82.7 Å². The molecule has 1 aliphatic heterocycles. The van der Waals surface area contributed by atoms with Crippen LogP contribution in [0.3, 0.4) is 0 Å². The number of carbonyl (C=O) groups excluding carboxylic acids is 2. The number of nitrogens with zero attached hydrogens (tertiary/aromatic N) is 1. The van der Waals surface area contributed by atoms with Gasteiger partial charge in [-0.15, -0.1) is 0 Å². The average Bonchev–Trinajstić information content (AvgIpc) is 2.73. The van der Waals surface area contributed by atoms with Crippen molar-refractivity contribution >= 4 is 29.0 Å². The van der Waals surface area contributed by atoms with Gasteiger partial charge in [0.1, 0.15) is 0 Å². The zero-order chi connectivity index (χ0) is 20.6. The minimum Gasteiger partial charge on any atom is -0.378 e. The molecule has 0 radical (unpaired) electrons. The molecule has 7 nitrogen and oxygen atoms in total. The predicted molar refractivity (Wildman–Crippen MR) is 115 cm³/mol. The van der Waals surface area contributed by atoms with E-state index in [1.165, 1.54) is 5.69 Å². The molecule has 29 heavy (non-hydrogen) atoms. The van der Waals surface area contributed by atoms with Gasteiger partial charge in [-0.1, -0.05) is 32.0 Å². The fourth-order valence-electron chi connectivity index (χ4n) is 2.97. The van der Waals surface area contributed by atoms with E-state index in [9.17, 15) is 9.59 Å². The van der Waals surface area contributed by atoms with E-state index in [2.05, 4.69) is 33.0 Å². The lowest BCUT2D eigenvalue weighted by molar-refractivity contribution is -0.118. The second kappa shape index (κ2) is 9.93. The Bertz CT molecular complexity index is 830. The monoisotopic (exact) mass is 396 g/mol. The number of nitrogens with one attached hydrogen (secondary N) is 3. The van der Waals surface area contributed by atoms with Crippen LogP contribution in [0.5, 0.6) is 0 Å². The molecule has 1 saturated heterocycles. The van der Waals surface area contributed by atoms with E-state index in [1.54, 1.807) is 24.3 Å². The second-order valence-corrected chi connectivity index (χ2v) is 7.30. The maximum Gasteiger partial charge on any atom is 0.319 e. The van der Waals surface area contributed by atoms with Crippen LogP contribution in [-0.2, 0) is 16.1 Å². The summed E-state index contributed by atoms with van der Waals surface area (Å²) in [7, 11) is 0. The smallest absolute Gasteiger partial charge is 0.319 e. The molecule has 3 rings (SSSR count). The van der Waals surface area contributed by atoms with Crippen molar-refractivity contribution in [3.05, 3.63) is 54.1 Å². The summed E-state index contributed by atoms with van der Waals surface area (Å²) in [6.07, 6.45) is 0. The molecule has 0 unspecified atom stereocenters. The highest BCUT2D eigenvalue weighted by Crippen LogP contribution is 2.17. The third-order valence-electron chi connectivity index (χ3n) is 4.68. The van der Waals surface area contributed by atoms with E-state index in [1.807, 2.05) is 26.0 Å². The maximum atomic E-state index is 12.2. The Kier molecular flexibility index (Phi) is 7.08. The number of carbonyl (C=O) groups is 2. The number of hydrogen-bond donors (Lipinski definition) is 3. The number of anilines is 3. The third-order valence-corrected chi connectivity index (χ3v) is 4.68. The SMILES string of the molecule is CC(C)C(=O)Nc1cccc(NC(=O)NCc2ccc(N3CCOCC3)cc2)c1. The molecule has 0 atom stereocenters. The summed E-state index contributed by atoms with van der Waals surface area (Å²) in [5.41, 5.74) is 3.46. The molecule has 154 valence electrons. The van der Waals surface area contributed by atoms with Crippen LogP contribution in [0.4, 0.5) is 21.9 Å². The molecule has 0 saturated carbocycles. The summed E-state index contributed by atoms with van der Waals surface area (Å²) in [6.45, 7) is 7.40. The van der Waals surface area contributed by atoms with Crippen molar-refractivity contribution in [2.24, 2.45) is 5.92 Å². The first-order chi connectivity index (χ1) is 14.0. The summed E-state index contributed by atoms with van der Waals surface area (Å²) < 4.78 is 5.38. The zero-order valence-electron chi connectivity index (χ0n) is 16.9. The summed E-state index contributed by atoms with van der Waals surface area (Å²) in [4.78, 5) is 26.3. The molecule has 1 heterocycles. The summed E-state index contributed by atoms with van der Waals surface area (Å²) in [5, 5.41) is 8.47. The summed E-state index contributed by atoms with van der Waals surface area (Å²) in [5.74, 6) is -0.170. The first kappa shape index (κ1) is 20.7. The van der Waals surface area contributed by atoms with Gasteiger partial charge in [-0.3, -0.25) is 4.79 Å². The maximum absolute atomic E-state index is 12.2. The fourth-order valence-corrected chi connectivity index (χ4v) is 2.97. The third kappa shape index (κ3) is 6.22. The van der Waals surface area contributed by atoms with Gasteiger partial charge in [0, 0.05) is 42.6 Å². The lowest BCUT2D eigenvalue weighted by Crippen LogP contribution is -2.36. The molecule has 3 amide bonds. The quantitative estimate of drug-likeness (QED) is 0.699. The Labute approximate surface area is 171 Å². The van der Waals surface area contributed by atoms with Gasteiger partial charge in [0.25, 0.3) is 0 Å². The van der Waals surface area contributed by atoms with Crippen LogP contribution < -0.4 is 20.9 Å². The van der Waals surface area contributed by atoms with Crippen LogP contribution in [0.15, 0.2) is 48.5 Å². The number of morpholine rings is 1. The molecule has 7 heteroatoms. The molecule has 0 aliphatic carbocycles. The number of rotatable bonds is 6. The fraction of sp³-hybridized carbons (Fsp3) is 0.364. The van der Waals surface area contributed by atoms with Gasteiger partial charge in [0.15, 0.2) is 0 Å². The Morgan fingerprint density at radius 3 is 2.31 bits per heavy atom. The van der Waals surface area contributed by atoms with Crippen molar-refractivity contribution in [2.45, 2.75) is 20.4 Å². The molecule has 2 aromatic rings. The standard InChI is InChI=1S/C22H28N4O3/c1-16(2)21(27)24-18-4-3-5-19(14-18)25-22(28)23-15-17-6-8-20(9-7-17)26-10-12-29-13-11-26/h3-9,14,16H,10-13,15H2,1-2H3,(H,24,27)(H2,23,25,28). The lowest BCUT2D eigenvalue weighted by Gasteiger charge is -2.28. The second-order valence-electron chi connectivity index (χ2n) is 7.30. The van der Waals surface area contributed by atoms with Gasteiger partial charge >= 0.3 is 6.03 Å². The van der Waals surface area contributed by atoms with Crippen LogP contribution in [-0.4, -0.2) is 38.2 Å². The lowest BCUT2D eigenvalue weighted by atomic mass is 10.2. The number of amides is 3. The zero-order valence-corrected chi connectivity index (χ0v) is 16.9. The average molecular weight is 396 g/mol. The molecule has 0 aromatic heterocycles. The molecular weight excluding hydrogens is 368 g/mol. The number of hydrogen-bond acceptors (Lipinski definition) is 4. The molecule has 0 bridgehead atoms. The van der Waals surface area contributed by atoms with E-state index in [-0.39, 0.29) is 17.9 Å². The van der Waals surface area contributed by atoms with Crippen LogP contribution >= 0.6 is 0 Å². The minimum atomic E-state index is -0.297. The Balaban J connectivity index is 1.49. The van der Waals surface area contributed by atoms with Crippen molar-refractivity contribution in [2.75, 3.05) is 41.8 Å². The van der Waals surface area contributed by atoms with E-state index in [0.717, 1.165) is 31.9 Å². The van der Waals surface area contributed by atoms with E-state index in [4.69, 9.17) is 4.74 Å². The van der Waals surface area contributed by atoms with Gasteiger partial charge in [-0.2, -0.15) is 0 Å². The molecule has 0 spiro atoms. The summed E-state index contributed by atoms with van der Waals surface area (Å²) in [6, 6.07) is 15.0. The van der Waals surface area contributed by atoms with Crippen LogP contribution in [0.1, 0.15) is 19.4 Å². The van der Waals surface area contributed by atoms with Crippen LogP contribution in [0, 0.1) is 5.92 Å². The normalized spacial score (nSPS) is 13.8. The van der Waals surface area contributed by atoms with Crippen LogP contribution in [0.2, 0.25) is 0 Å². The van der Waals surface area contributed by atoms with Crippen molar-refractivity contribution < 1.29 is 14.3 Å². The van der Waals surface area contributed by atoms with Gasteiger partial charge in [0.05, 0.1) is 13.2 Å². The minimum absolute atomic E-state index is 0.0628. The van der Waals surface area contributed by atoms with E-state index >= 15 is 0 Å². The highest BCUT2D eigenvalue weighted by molar-refractivity contribution is 5.94. The van der Waals surface area contributed by atoms with Crippen molar-refractivity contribution in [3.63, 3.8) is 0 Å². The molecule has 1 fully saturated rings. The Morgan fingerprint density at radius 2 is 1.66 bits per heavy atom. The van der Waals surface area contributed by atoms with Gasteiger partial charge in [-0.05, 0) is 35.9 Å². The largest absolute Gasteiger partial charge is 0.378 e. The number of benzene rings is 2. The first-order valence-corrected chi connectivity index (χ1v) is 9.88. The molecule has 3 N–H and O–H groups in total. The van der Waals surface area contributed by atoms with Gasteiger partial charge in [-0.25, -0.2) is 4.79 Å². The van der Waals surface area contributed by atoms with Gasteiger partial charge in [0.2, 0.25) is 5.91 Å². The molecule has 1 aliphatic rings. The van der Waals surface area contributed by atoms with E-state index < -0.39 is 0 Å². The van der Waals surface area contributed by atoms with Crippen molar-refractivity contribution in [1.82, 2.24) is 5.32 Å². The highest BCUT2D eigenvalue weighted by atomic mass is 16.5. The van der Waals surface area contributed by atoms with Gasteiger partial charge < -0.3 is 25.6 Å². The van der Waals surface area contributed by atoms with Crippen molar-refractivity contribution in [1.29, 1.82) is 0 Å². The molecule has 2 aromatic carbocycles. The van der Waals surface area contributed by atoms with E-state index in [0.29, 0.717) is 17.9 Å². The molecular formula is C22H28N4O3. The number of urea groups is 1. The van der Waals surface area contributed by atoms with Crippen LogP contribution in [0.25, 0.3) is 0 Å². The van der Waals surface area contributed by atoms with Crippen molar-refractivity contribution in [3.8, 4) is 0 Å².